The maximum Gasteiger partial charge on any atom is 0.573 e. The lowest BCUT2D eigenvalue weighted by Gasteiger charge is -2.15. The third-order valence-electron chi connectivity index (χ3n) is 5.89. The van der Waals surface area contributed by atoms with Crippen molar-refractivity contribution in [2.45, 2.75) is 32.0 Å². The number of para-hydroxylation sites is 1. The number of aromatic nitrogens is 1. The van der Waals surface area contributed by atoms with Gasteiger partial charge in [-0.15, -0.1) is 13.2 Å². The van der Waals surface area contributed by atoms with Crippen molar-refractivity contribution < 1.29 is 35.9 Å². The molecular weight excluding hydrogens is 521 g/mol. The number of alkyl halides is 3. The van der Waals surface area contributed by atoms with Crippen LogP contribution in [0.1, 0.15) is 29.9 Å². The minimum Gasteiger partial charge on any atom is -0.497 e. The van der Waals surface area contributed by atoms with E-state index in [4.69, 9.17) is 4.74 Å². The highest BCUT2D eigenvalue weighted by Crippen LogP contribution is 2.37. The predicted octanol–water partition coefficient (Wildman–Crippen LogP) is 5.73. The fourth-order valence-corrected chi connectivity index (χ4v) is 4.66. The van der Waals surface area contributed by atoms with Gasteiger partial charge in [-0.05, 0) is 55.3 Å². The number of benzene rings is 3. The predicted molar refractivity (Wildman–Crippen MR) is 138 cm³/mol. The van der Waals surface area contributed by atoms with E-state index in [1.165, 1.54) is 39.2 Å². The van der Waals surface area contributed by atoms with Crippen molar-refractivity contribution in [3.8, 4) is 22.6 Å². The maximum absolute atomic E-state index is 13.6. The lowest BCUT2D eigenvalue weighted by atomic mass is 10.0. The van der Waals surface area contributed by atoms with Crippen molar-refractivity contribution in [2.24, 2.45) is 0 Å². The van der Waals surface area contributed by atoms with Crippen LogP contribution in [-0.2, 0) is 16.6 Å². The second-order valence-electron chi connectivity index (χ2n) is 8.78. The third kappa shape index (κ3) is 5.77. The summed E-state index contributed by atoms with van der Waals surface area (Å²) in [5.74, 6) is -0.675. The van der Waals surface area contributed by atoms with Gasteiger partial charge in [0, 0.05) is 23.0 Å². The first kappa shape index (κ1) is 27.1. The van der Waals surface area contributed by atoms with E-state index in [2.05, 4.69) is 9.46 Å². The van der Waals surface area contributed by atoms with Crippen LogP contribution in [0.15, 0.2) is 72.8 Å². The second-order valence-corrected chi connectivity index (χ2v) is 11.0. The largest absolute Gasteiger partial charge is 0.573 e. The molecule has 4 aromatic rings. The molecule has 0 radical (unpaired) electrons. The summed E-state index contributed by atoms with van der Waals surface area (Å²) in [6, 6.07) is 19.4. The van der Waals surface area contributed by atoms with Gasteiger partial charge in [-0.2, -0.15) is 0 Å². The Hall–Kier alpha value is -3.99. The summed E-state index contributed by atoms with van der Waals surface area (Å²) in [6.45, 7) is 2.86. The van der Waals surface area contributed by atoms with Gasteiger partial charge < -0.3 is 14.0 Å². The Balaban J connectivity index is 1.93. The van der Waals surface area contributed by atoms with Crippen molar-refractivity contribution in [3.63, 3.8) is 0 Å². The molecular formula is C27H25F3N2O5S. The Bertz CT molecular complexity index is 1580. The zero-order valence-corrected chi connectivity index (χ0v) is 21.6. The number of hydrogen-bond donors (Lipinski definition) is 1. The molecule has 1 amide bonds. The molecule has 0 saturated carbocycles. The number of ether oxygens (including phenoxy) is 2. The van der Waals surface area contributed by atoms with Crippen molar-refractivity contribution in [1.82, 2.24) is 9.29 Å². The van der Waals surface area contributed by atoms with Crippen molar-refractivity contribution >= 4 is 26.8 Å². The number of carbonyl (C=O) groups excluding carboxylic acids is 1. The second kappa shape index (κ2) is 10.4. The number of hydrogen-bond acceptors (Lipinski definition) is 5. The van der Waals surface area contributed by atoms with E-state index in [1.807, 2.05) is 0 Å². The zero-order valence-electron chi connectivity index (χ0n) is 20.7. The van der Waals surface area contributed by atoms with Gasteiger partial charge in [0.25, 0.3) is 5.91 Å². The van der Waals surface area contributed by atoms with Gasteiger partial charge >= 0.3 is 6.36 Å². The van der Waals surface area contributed by atoms with E-state index in [0.717, 1.165) is 0 Å². The molecule has 0 saturated heterocycles. The minimum absolute atomic E-state index is 0.0315. The quantitative estimate of drug-likeness (QED) is 0.305. The highest BCUT2D eigenvalue weighted by Gasteiger charge is 2.31. The summed E-state index contributed by atoms with van der Waals surface area (Å²) in [6.07, 6.45) is -4.86. The first-order chi connectivity index (χ1) is 17.9. The molecule has 11 heteroatoms. The number of methoxy groups -OCH3 is 1. The lowest BCUT2D eigenvalue weighted by molar-refractivity contribution is -0.274. The van der Waals surface area contributed by atoms with Crippen LogP contribution in [0.5, 0.6) is 11.5 Å². The monoisotopic (exact) mass is 546 g/mol. The highest BCUT2D eigenvalue weighted by molar-refractivity contribution is 7.90. The maximum atomic E-state index is 13.6. The Kier molecular flexibility index (Phi) is 7.41. The topological polar surface area (TPSA) is 86.6 Å². The lowest BCUT2D eigenvalue weighted by Crippen LogP contribution is -2.37. The van der Waals surface area contributed by atoms with Gasteiger partial charge in [0.1, 0.15) is 17.2 Å². The van der Waals surface area contributed by atoms with E-state index in [0.29, 0.717) is 33.3 Å². The molecule has 0 aliphatic carbocycles. The van der Waals surface area contributed by atoms with Gasteiger partial charge in [0.05, 0.1) is 12.4 Å². The smallest absolute Gasteiger partial charge is 0.497 e. The van der Waals surface area contributed by atoms with Gasteiger partial charge in [0.2, 0.25) is 10.0 Å². The summed E-state index contributed by atoms with van der Waals surface area (Å²) >= 11 is 0. The minimum atomic E-state index is -4.86. The Morgan fingerprint density at radius 1 is 0.974 bits per heavy atom. The zero-order chi connectivity index (χ0) is 27.7. The van der Waals surface area contributed by atoms with Crippen molar-refractivity contribution in [3.05, 3.63) is 84.1 Å². The van der Waals surface area contributed by atoms with E-state index in [9.17, 15) is 26.4 Å². The van der Waals surface area contributed by atoms with Crippen LogP contribution in [-0.4, -0.2) is 37.6 Å². The van der Waals surface area contributed by atoms with Crippen LogP contribution in [0.25, 0.3) is 22.0 Å². The molecule has 7 nitrogen and oxygen atoms in total. The number of nitrogens with zero attached hydrogens (tertiary/aromatic N) is 1. The molecule has 0 unspecified atom stereocenters. The molecule has 0 bridgehead atoms. The molecule has 200 valence electrons. The van der Waals surface area contributed by atoms with Gasteiger partial charge in [-0.1, -0.05) is 42.5 Å². The number of halogens is 3. The first-order valence-electron chi connectivity index (χ1n) is 11.6. The summed E-state index contributed by atoms with van der Waals surface area (Å²) < 4.78 is 76.7. The molecule has 1 heterocycles. The number of rotatable bonds is 8. The van der Waals surface area contributed by atoms with Crippen LogP contribution in [0, 0.1) is 0 Å². The van der Waals surface area contributed by atoms with Crippen LogP contribution in [0.2, 0.25) is 0 Å². The molecule has 1 aromatic heterocycles. The molecule has 4 rings (SSSR count). The summed E-state index contributed by atoms with van der Waals surface area (Å²) in [7, 11) is -2.47. The summed E-state index contributed by atoms with van der Waals surface area (Å²) in [5.41, 5.74) is 2.15. The van der Waals surface area contributed by atoms with Crippen LogP contribution < -0.4 is 14.2 Å². The average molecular weight is 547 g/mol. The fraction of sp³-hybridized carbons (Fsp3) is 0.222. The highest BCUT2D eigenvalue weighted by atomic mass is 32.2. The number of sulfonamides is 1. The number of nitrogens with one attached hydrogen (secondary N) is 1. The van der Waals surface area contributed by atoms with Gasteiger partial charge in [-0.3, -0.25) is 4.79 Å². The number of carbonyl (C=O) groups is 1. The van der Waals surface area contributed by atoms with Crippen LogP contribution >= 0.6 is 0 Å². The third-order valence-corrected chi connectivity index (χ3v) is 7.60. The van der Waals surface area contributed by atoms with Crippen molar-refractivity contribution in [2.75, 3.05) is 7.11 Å². The van der Waals surface area contributed by atoms with Gasteiger partial charge in [-0.25, -0.2) is 13.1 Å². The Labute approximate surface area is 217 Å². The molecule has 38 heavy (non-hydrogen) atoms. The fourth-order valence-electron chi connectivity index (χ4n) is 4.07. The van der Waals surface area contributed by atoms with Crippen LogP contribution in [0.4, 0.5) is 13.2 Å². The summed E-state index contributed by atoms with van der Waals surface area (Å²) in [4.78, 5) is 13.6. The molecule has 1 N–H and O–H groups in total. The van der Waals surface area contributed by atoms with Crippen molar-refractivity contribution in [1.29, 1.82) is 0 Å². The molecule has 0 atom stereocenters. The first-order valence-corrected chi connectivity index (χ1v) is 13.1. The normalized spacial score (nSPS) is 12.1. The average Bonchev–Trinajstić information content (AvgIpc) is 3.17. The Morgan fingerprint density at radius 2 is 1.66 bits per heavy atom. The number of fused-ring (bicyclic) bond motifs is 1. The number of amides is 1. The SMILES string of the molecule is COc1ccc(-c2c(C(=O)NS(=O)(=O)C(C)C)n(Cc3cccc(OC(F)(F)F)c3)c3ccccc23)cc1. The van der Waals surface area contributed by atoms with E-state index < -0.39 is 33.3 Å². The summed E-state index contributed by atoms with van der Waals surface area (Å²) in [5, 5.41) is -0.211. The van der Waals surface area contributed by atoms with E-state index in [1.54, 1.807) is 59.2 Å². The van der Waals surface area contributed by atoms with E-state index in [-0.39, 0.29) is 12.2 Å². The molecule has 3 aromatic carbocycles. The van der Waals surface area contributed by atoms with Gasteiger partial charge in [0.15, 0.2) is 0 Å². The molecule has 0 fully saturated rings. The molecule has 0 aliphatic heterocycles. The van der Waals surface area contributed by atoms with E-state index >= 15 is 0 Å². The molecule has 0 aliphatic rings. The standard InChI is InChI=1S/C27H25F3N2O5S/c1-17(2)38(34,35)31-26(33)25-24(19-11-13-20(36-3)14-12-19)22-9-4-5-10-23(22)32(25)16-18-7-6-8-21(15-18)37-27(28,29)30/h4-15,17H,16H2,1-3H3,(H,31,33). The molecule has 0 spiro atoms. The Morgan fingerprint density at radius 3 is 2.29 bits per heavy atom. The van der Waals surface area contributed by atoms with Crippen LogP contribution in [0.3, 0.4) is 0 Å².